The van der Waals surface area contributed by atoms with Gasteiger partial charge in [-0.2, -0.15) is 22.0 Å². The largest absolute Gasteiger partial charge is 0.463 e. The van der Waals surface area contributed by atoms with Crippen LogP contribution in [0.2, 0.25) is 0 Å². The van der Waals surface area contributed by atoms with Crippen LogP contribution in [0.4, 0.5) is 22.0 Å². The molecule has 0 spiro atoms. The van der Waals surface area contributed by atoms with Crippen molar-refractivity contribution in [2.24, 2.45) is 0 Å². The van der Waals surface area contributed by atoms with Crippen LogP contribution >= 0.6 is 0 Å². The minimum atomic E-state index is -5.87. The summed E-state index contributed by atoms with van der Waals surface area (Å²) >= 11 is 0. The molecular formula is C9H12F5NO2. The Morgan fingerprint density at radius 3 is 2.35 bits per heavy atom. The fourth-order valence-corrected chi connectivity index (χ4v) is 1.54. The lowest BCUT2D eigenvalue weighted by Crippen LogP contribution is -2.52. The van der Waals surface area contributed by atoms with Crippen molar-refractivity contribution in [1.29, 1.82) is 0 Å². The Morgan fingerprint density at radius 1 is 1.35 bits per heavy atom. The van der Waals surface area contributed by atoms with E-state index < -0.39 is 24.1 Å². The molecule has 1 aliphatic rings. The van der Waals surface area contributed by atoms with Crippen molar-refractivity contribution in [2.45, 2.75) is 31.0 Å². The summed E-state index contributed by atoms with van der Waals surface area (Å²) in [5.74, 6) is -7.60. The first-order valence-corrected chi connectivity index (χ1v) is 4.98. The monoisotopic (exact) mass is 261 g/mol. The van der Waals surface area contributed by atoms with E-state index in [1.54, 1.807) is 0 Å². The lowest BCUT2D eigenvalue weighted by atomic mass is 10.2. The third-order valence-corrected chi connectivity index (χ3v) is 2.47. The minimum absolute atomic E-state index is 0.259. The van der Waals surface area contributed by atoms with E-state index in [1.807, 2.05) is 0 Å². The van der Waals surface area contributed by atoms with E-state index in [0.29, 0.717) is 24.3 Å². The highest BCUT2D eigenvalue weighted by atomic mass is 19.4. The molecule has 1 saturated heterocycles. The van der Waals surface area contributed by atoms with Gasteiger partial charge in [0.2, 0.25) is 0 Å². The van der Waals surface area contributed by atoms with Crippen molar-refractivity contribution >= 4 is 5.91 Å². The fourth-order valence-electron chi connectivity index (χ4n) is 1.54. The van der Waals surface area contributed by atoms with Crippen LogP contribution in [0.5, 0.6) is 0 Å². The van der Waals surface area contributed by atoms with Gasteiger partial charge in [0.05, 0.1) is 6.10 Å². The summed E-state index contributed by atoms with van der Waals surface area (Å²) in [6, 6.07) is 0. The predicted octanol–water partition coefficient (Wildman–Crippen LogP) is 1.82. The molecular weight excluding hydrogens is 249 g/mol. The molecule has 17 heavy (non-hydrogen) atoms. The molecule has 1 heterocycles. The summed E-state index contributed by atoms with van der Waals surface area (Å²) in [4.78, 5) is 11.4. The van der Waals surface area contributed by atoms with E-state index in [-0.39, 0.29) is 6.54 Å². The maximum Gasteiger partial charge on any atom is 0.463 e. The Hall–Kier alpha value is -0.920. The van der Waals surface area contributed by atoms with E-state index >= 15 is 0 Å². The number of hydrogen-bond donors (Lipinski definition) is 0. The van der Waals surface area contributed by atoms with Crippen LogP contribution in [-0.4, -0.2) is 49.2 Å². The Bertz CT molecular complexity index is 286. The number of halogens is 5. The topological polar surface area (TPSA) is 29.5 Å². The number of rotatable bonds is 3. The number of ether oxygens (including phenoxy) is 1. The van der Waals surface area contributed by atoms with Gasteiger partial charge in [-0.1, -0.05) is 0 Å². The van der Waals surface area contributed by atoms with E-state index in [0.717, 1.165) is 7.05 Å². The second-order valence-corrected chi connectivity index (χ2v) is 3.89. The normalized spacial score (nSPS) is 21.6. The zero-order valence-electron chi connectivity index (χ0n) is 9.06. The molecule has 1 fully saturated rings. The van der Waals surface area contributed by atoms with Gasteiger partial charge in [0, 0.05) is 20.2 Å². The zero-order valence-corrected chi connectivity index (χ0v) is 9.06. The molecule has 0 saturated carbocycles. The molecule has 3 nitrogen and oxygen atoms in total. The molecule has 0 aliphatic carbocycles. The maximum atomic E-state index is 12.7. The molecule has 100 valence electrons. The van der Waals surface area contributed by atoms with Gasteiger partial charge < -0.3 is 9.64 Å². The maximum absolute atomic E-state index is 12.7. The highest BCUT2D eigenvalue weighted by Crippen LogP contribution is 2.36. The van der Waals surface area contributed by atoms with Crippen molar-refractivity contribution in [3.63, 3.8) is 0 Å². The van der Waals surface area contributed by atoms with Crippen LogP contribution in [0.25, 0.3) is 0 Å². The molecule has 0 aromatic rings. The highest BCUT2D eigenvalue weighted by molar-refractivity contribution is 5.84. The van der Waals surface area contributed by atoms with Crippen LogP contribution in [0.1, 0.15) is 12.8 Å². The summed E-state index contributed by atoms with van der Waals surface area (Å²) in [6.07, 6.45) is -5.07. The Morgan fingerprint density at radius 2 is 1.94 bits per heavy atom. The first-order chi connectivity index (χ1) is 7.66. The summed E-state index contributed by atoms with van der Waals surface area (Å²) in [5.41, 5.74) is 0. The predicted molar refractivity (Wildman–Crippen MR) is 47.6 cm³/mol. The second kappa shape index (κ2) is 4.75. The van der Waals surface area contributed by atoms with Crippen molar-refractivity contribution in [3.05, 3.63) is 0 Å². The third kappa shape index (κ3) is 3.05. The molecule has 1 rings (SSSR count). The second-order valence-electron chi connectivity index (χ2n) is 3.89. The van der Waals surface area contributed by atoms with Crippen LogP contribution in [0.3, 0.4) is 0 Å². The van der Waals surface area contributed by atoms with E-state index in [4.69, 9.17) is 4.74 Å². The smallest absolute Gasteiger partial charge is 0.376 e. The molecule has 0 aromatic heterocycles. The van der Waals surface area contributed by atoms with Crippen LogP contribution in [0.15, 0.2) is 0 Å². The quantitative estimate of drug-likeness (QED) is 0.725. The molecule has 1 amide bonds. The van der Waals surface area contributed by atoms with Gasteiger partial charge in [0.1, 0.15) is 0 Å². The van der Waals surface area contributed by atoms with Gasteiger partial charge >= 0.3 is 18.0 Å². The van der Waals surface area contributed by atoms with Gasteiger partial charge in [-0.05, 0) is 12.8 Å². The summed E-state index contributed by atoms with van der Waals surface area (Å²) in [6.45, 7) is 0.173. The van der Waals surface area contributed by atoms with E-state index in [2.05, 4.69) is 0 Å². The lowest BCUT2D eigenvalue weighted by molar-refractivity contribution is -0.274. The van der Waals surface area contributed by atoms with Gasteiger partial charge in [0.25, 0.3) is 0 Å². The van der Waals surface area contributed by atoms with Gasteiger partial charge in [-0.25, -0.2) is 0 Å². The molecule has 1 atom stereocenters. The number of alkyl halides is 5. The number of nitrogens with zero attached hydrogens (tertiary/aromatic N) is 1. The number of hydrogen-bond acceptors (Lipinski definition) is 2. The van der Waals surface area contributed by atoms with Crippen LogP contribution in [-0.2, 0) is 9.53 Å². The van der Waals surface area contributed by atoms with Gasteiger partial charge in [-0.15, -0.1) is 0 Å². The highest BCUT2D eigenvalue weighted by Gasteiger charge is 2.64. The van der Waals surface area contributed by atoms with Crippen LogP contribution < -0.4 is 0 Å². The van der Waals surface area contributed by atoms with E-state index in [9.17, 15) is 26.7 Å². The first-order valence-electron chi connectivity index (χ1n) is 4.98. The van der Waals surface area contributed by atoms with Gasteiger partial charge in [0.15, 0.2) is 0 Å². The first kappa shape index (κ1) is 14.1. The summed E-state index contributed by atoms with van der Waals surface area (Å²) in [7, 11) is 0.906. The molecule has 0 bridgehead atoms. The minimum Gasteiger partial charge on any atom is -0.376 e. The number of amides is 1. The lowest BCUT2D eigenvalue weighted by Gasteiger charge is -2.26. The molecule has 1 aliphatic heterocycles. The summed E-state index contributed by atoms with van der Waals surface area (Å²) < 4.78 is 66.2. The Labute approximate surface area is 94.5 Å². The van der Waals surface area contributed by atoms with Crippen molar-refractivity contribution in [3.8, 4) is 0 Å². The fraction of sp³-hybridized carbons (Fsp3) is 0.889. The molecule has 0 aromatic carbocycles. The standard InChI is InChI=1S/C9H12F5NO2/c1-15(5-6-3-2-4-17-6)7(16)8(10,11)9(12,13)14/h6H,2-5H2,1H3. The van der Waals surface area contributed by atoms with Crippen LogP contribution in [0, 0.1) is 0 Å². The Balaban J connectivity index is 2.62. The molecule has 1 unspecified atom stereocenters. The molecule has 8 heteroatoms. The molecule has 0 radical (unpaired) electrons. The van der Waals surface area contributed by atoms with Crippen molar-refractivity contribution in [1.82, 2.24) is 4.90 Å². The van der Waals surface area contributed by atoms with E-state index in [1.165, 1.54) is 0 Å². The number of carbonyl (C=O) groups is 1. The Kier molecular flexibility index (Phi) is 3.95. The average Bonchev–Trinajstić information content (AvgIpc) is 2.67. The zero-order chi connectivity index (χ0) is 13.3. The number of carbonyl (C=O) groups excluding carboxylic acids is 1. The summed E-state index contributed by atoms with van der Waals surface area (Å²) in [5, 5.41) is 0. The van der Waals surface area contributed by atoms with Crippen molar-refractivity contribution < 1.29 is 31.5 Å². The number of likely N-dealkylation sites (N-methyl/N-ethyl adjacent to an activating group) is 1. The molecule has 0 N–H and O–H groups in total. The average molecular weight is 261 g/mol. The van der Waals surface area contributed by atoms with Crippen molar-refractivity contribution in [2.75, 3.05) is 20.2 Å². The van der Waals surface area contributed by atoms with Gasteiger partial charge in [-0.3, -0.25) is 4.79 Å². The third-order valence-electron chi connectivity index (χ3n) is 2.47. The SMILES string of the molecule is CN(CC1CCCO1)C(=O)C(F)(F)C(F)(F)F.